The number of benzene rings is 2. The number of aromatic hydroxyl groups is 1. The molecule has 5 heteroatoms. The van der Waals surface area contributed by atoms with Gasteiger partial charge in [0.15, 0.2) is 6.10 Å². The Morgan fingerprint density at radius 3 is 2.32 bits per heavy atom. The number of rotatable bonds is 4. The molecular formula is C20H22BrNO3. The molecule has 0 bridgehead atoms. The highest BCUT2D eigenvalue weighted by Gasteiger charge is 2.27. The van der Waals surface area contributed by atoms with Crippen molar-refractivity contribution >= 4 is 21.8 Å². The zero-order valence-corrected chi connectivity index (χ0v) is 15.8. The van der Waals surface area contributed by atoms with Crippen LogP contribution in [0.25, 0.3) is 0 Å². The van der Waals surface area contributed by atoms with Gasteiger partial charge in [0, 0.05) is 17.6 Å². The lowest BCUT2D eigenvalue weighted by atomic mass is 9.89. The lowest BCUT2D eigenvalue weighted by Gasteiger charge is -2.33. The molecule has 0 spiro atoms. The zero-order chi connectivity index (χ0) is 17.8. The molecule has 132 valence electrons. The first kappa shape index (κ1) is 17.8. The van der Waals surface area contributed by atoms with Crippen LogP contribution in [0, 0.1) is 0 Å². The fraction of sp³-hybridized carbons (Fsp3) is 0.350. The average Bonchev–Trinajstić information content (AvgIpc) is 2.64. The Bertz CT molecular complexity index is 707. The predicted molar refractivity (Wildman–Crippen MR) is 101 cm³/mol. The Hall–Kier alpha value is -2.01. The minimum Gasteiger partial charge on any atom is -0.508 e. The summed E-state index contributed by atoms with van der Waals surface area (Å²) in [6, 6.07) is 14.9. The van der Waals surface area contributed by atoms with Crippen molar-refractivity contribution in [2.45, 2.75) is 31.8 Å². The van der Waals surface area contributed by atoms with Gasteiger partial charge in [-0.1, -0.05) is 28.1 Å². The van der Waals surface area contributed by atoms with E-state index >= 15 is 0 Å². The number of hydrogen-bond acceptors (Lipinski definition) is 3. The summed E-state index contributed by atoms with van der Waals surface area (Å²) in [5.74, 6) is 1.46. The molecule has 0 aliphatic carbocycles. The van der Waals surface area contributed by atoms with E-state index in [1.807, 2.05) is 41.3 Å². The Morgan fingerprint density at radius 2 is 1.72 bits per heavy atom. The third-order valence-electron chi connectivity index (χ3n) is 4.65. The van der Waals surface area contributed by atoms with Gasteiger partial charge in [0.05, 0.1) is 0 Å². The number of nitrogens with zero attached hydrogens (tertiary/aromatic N) is 1. The molecule has 1 unspecified atom stereocenters. The highest BCUT2D eigenvalue weighted by atomic mass is 79.9. The minimum atomic E-state index is -0.494. The third kappa shape index (κ3) is 4.54. The van der Waals surface area contributed by atoms with E-state index in [1.165, 1.54) is 5.56 Å². The van der Waals surface area contributed by atoms with Gasteiger partial charge in [-0.15, -0.1) is 0 Å². The summed E-state index contributed by atoms with van der Waals surface area (Å²) in [4.78, 5) is 14.5. The largest absolute Gasteiger partial charge is 0.508 e. The van der Waals surface area contributed by atoms with Gasteiger partial charge in [-0.25, -0.2) is 0 Å². The van der Waals surface area contributed by atoms with Crippen LogP contribution in [-0.4, -0.2) is 35.1 Å². The Kier molecular flexibility index (Phi) is 5.63. The fourth-order valence-corrected chi connectivity index (χ4v) is 3.47. The number of piperidine rings is 1. The van der Waals surface area contributed by atoms with Crippen molar-refractivity contribution in [3.63, 3.8) is 0 Å². The molecule has 3 rings (SSSR count). The van der Waals surface area contributed by atoms with Crippen molar-refractivity contribution in [2.24, 2.45) is 0 Å². The third-order valence-corrected chi connectivity index (χ3v) is 5.17. The molecule has 2 aromatic rings. The Labute approximate surface area is 156 Å². The average molecular weight is 404 g/mol. The van der Waals surface area contributed by atoms with Crippen molar-refractivity contribution in [1.29, 1.82) is 0 Å². The van der Waals surface area contributed by atoms with Crippen LogP contribution in [-0.2, 0) is 4.79 Å². The summed E-state index contributed by atoms with van der Waals surface area (Å²) in [6.07, 6.45) is 1.37. The number of hydrogen-bond donors (Lipinski definition) is 1. The van der Waals surface area contributed by atoms with E-state index in [9.17, 15) is 9.90 Å². The number of phenols is 1. The van der Waals surface area contributed by atoms with Gasteiger partial charge in [0.1, 0.15) is 11.5 Å². The van der Waals surface area contributed by atoms with E-state index in [2.05, 4.69) is 15.9 Å². The van der Waals surface area contributed by atoms with Crippen LogP contribution in [0.1, 0.15) is 31.2 Å². The van der Waals surface area contributed by atoms with Gasteiger partial charge in [0.25, 0.3) is 5.91 Å². The lowest BCUT2D eigenvalue weighted by molar-refractivity contribution is -0.139. The summed E-state index contributed by atoms with van der Waals surface area (Å²) in [6.45, 7) is 3.27. The summed E-state index contributed by atoms with van der Waals surface area (Å²) in [5.41, 5.74) is 1.23. The molecule has 25 heavy (non-hydrogen) atoms. The van der Waals surface area contributed by atoms with E-state index in [4.69, 9.17) is 4.74 Å². The predicted octanol–water partition coefficient (Wildman–Crippen LogP) is 4.33. The Morgan fingerprint density at radius 1 is 1.12 bits per heavy atom. The summed E-state index contributed by atoms with van der Waals surface area (Å²) >= 11 is 3.39. The van der Waals surface area contributed by atoms with E-state index < -0.39 is 6.10 Å². The molecule has 1 atom stereocenters. The number of amides is 1. The molecule has 1 aliphatic heterocycles. The van der Waals surface area contributed by atoms with Crippen LogP contribution >= 0.6 is 15.9 Å². The van der Waals surface area contributed by atoms with Gasteiger partial charge < -0.3 is 14.7 Å². The maximum Gasteiger partial charge on any atom is 0.263 e. The number of ether oxygens (including phenoxy) is 1. The number of carbonyl (C=O) groups is 1. The van der Waals surface area contributed by atoms with E-state index in [0.717, 1.165) is 30.4 Å². The molecule has 1 aliphatic rings. The first-order valence-corrected chi connectivity index (χ1v) is 9.32. The quantitative estimate of drug-likeness (QED) is 0.826. The highest BCUT2D eigenvalue weighted by molar-refractivity contribution is 9.10. The highest BCUT2D eigenvalue weighted by Crippen LogP contribution is 2.29. The van der Waals surface area contributed by atoms with Crippen LogP contribution in [0.4, 0.5) is 0 Å². The lowest BCUT2D eigenvalue weighted by Crippen LogP contribution is -2.44. The van der Waals surface area contributed by atoms with E-state index in [1.54, 1.807) is 19.1 Å². The number of carbonyl (C=O) groups excluding carboxylic acids is 1. The summed E-state index contributed by atoms with van der Waals surface area (Å²) in [7, 11) is 0. The van der Waals surface area contributed by atoms with Crippen LogP contribution in [0.2, 0.25) is 0 Å². The molecule has 0 aromatic heterocycles. The van der Waals surface area contributed by atoms with E-state index in [0.29, 0.717) is 11.7 Å². The number of likely N-dealkylation sites (tertiary alicyclic amines) is 1. The SMILES string of the molecule is CC(Oc1ccc(Br)cc1)C(=O)N1CCC(c2ccc(O)cc2)CC1. The zero-order valence-electron chi connectivity index (χ0n) is 14.2. The van der Waals surface area contributed by atoms with Crippen molar-refractivity contribution in [1.82, 2.24) is 4.90 Å². The van der Waals surface area contributed by atoms with Crippen molar-refractivity contribution in [2.75, 3.05) is 13.1 Å². The summed E-state index contributed by atoms with van der Waals surface area (Å²) in [5, 5.41) is 9.40. The molecular weight excluding hydrogens is 382 g/mol. The van der Waals surface area contributed by atoms with Crippen LogP contribution in [0.5, 0.6) is 11.5 Å². The normalized spacial score (nSPS) is 16.5. The van der Waals surface area contributed by atoms with Crippen LogP contribution < -0.4 is 4.74 Å². The van der Waals surface area contributed by atoms with Crippen molar-refractivity contribution in [3.8, 4) is 11.5 Å². The van der Waals surface area contributed by atoms with Gasteiger partial charge in [-0.05, 0) is 67.6 Å². The van der Waals surface area contributed by atoms with Crippen molar-refractivity contribution in [3.05, 3.63) is 58.6 Å². The first-order chi connectivity index (χ1) is 12.0. The second-order valence-corrected chi connectivity index (χ2v) is 7.32. The standard InChI is InChI=1S/C20H22BrNO3/c1-14(25-19-8-4-17(21)5-9-19)20(24)22-12-10-16(11-13-22)15-2-6-18(23)7-3-15/h2-9,14,16,23H,10-13H2,1H3. The smallest absolute Gasteiger partial charge is 0.263 e. The van der Waals surface area contributed by atoms with Crippen LogP contribution in [0.15, 0.2) is 53.0 Å². The van der Waals surface area contributed by atoms with Gasteiger partial charge in [-0.2, -0.15) is 0 Å². The van der Waals surface area contributed by atoms with Crippen LogP contribution in [0.3, 0.4) is 0 Å². The molecule has 1 saturated heterocycles. The second-order valence-electron chi connectivity index (χ2n) is 6.41. The molecule has 1 heterocycles. The minimum absolute atomic E-state index is 0.0343. The number of halogens is 1. The molecule has 0 saturated carbocycles. The maximum absolute atomic E-state index is 12.6. The molecule has 1 fully saturated rings. The first-order valence-electron chi connectivity index (χ1n) is 8.53. The molecule has 2 aromatic carbocycles. The fourth-order valence-electron chi connectivity index (χ4n) is 3.20. The molecule has 1 amide bonds. The maximum atomic E-state index is 12.6. The monoisotopic (exact) mass is 403 g/mol. The molecule has 0 radical (unpaired) electrons. The Balaban J connectivity index is 1.53. The van der Waals surface area contributed by atoms with Gasteiger partial charge in [0.2, 0.25) is 0 Å². The van der Waals surface area contributed by atoms with Gasteiger partial charge >= 0.3 is 0 Å². The van der Waals surface area contributed by atoms with Gasteiger partial charge in [-0.3, -0.25) is 4.79 Å². The molecule has 4 nitrogen and oxygen atoms in total. The second kappa shape index (κ2) is 7.91. The van der Waals surface area contributed by atoms with Crippen molar-refractivity contribution < 1.29 is 14.6 Å². The van der Waals surface area contributed by atoms with E-state index in [-0.39, 0.29) is 11.7 Å². The molecule has 1 N–H and O–H groups in total. The topological polar surface area (TPSA) is 49.8 Å². The summed E-state index contributed by atoms with van der Waals surface area (Å²) < 4.78 is 6.75. The number of phenolic OH excluding ortho intramolecular Hbond substituents is 1.